The lowest BCUT2D eigenvalue weighted by molar-refractivity contribution is 0.0583. The number of fused-ring (bicyclic) bond motifs is 2. The minimum Gasteiger partial charge on any atom is -0.270 e. The number of hydrogen-bond acceptors (Lipinski definition) is 4. The summed E-state index contributed by atoms with van der Waals surface area (Å²) in [4.78, 5) is 60.7. The summed E-state index contributed by atoms with van der Waals surface area (Å²) in [6, 6.07) is 28.2. The highest BCUT2D eigenvalue weighted by Gasteiger charge is 2.38. The summed E-state index contributed by atoms with van der Waals surface area (Å²) in [6.07, 6.45) is 0. The predicted molar refractivity (Wildman–Crippen MR) is 244 cm³/mol. The van der Waals surface area contributed by atoms with Gasteiger partial charge in [-0.25, -0.2) is 0 Å². The van der Waals surface area contributed by atoms with Crippen LogP contribution in [0.5, 0.6) is 0 Å². The van der Waals surface area contributed by atoms with Gasteiger partial charge in [0.05, 0.1) is 13.1 Å². The first-order valence-corrected chi connectivity index (χ1v) is 21.2. The zero-order valence-corrected chi connectivity index (χ0v) is 37.0. The second-order valence-corrected chi connectivity index (χ2v) is 21.4. The quantitative estimate of drug-likeness (QED) is 0.101. The molecule has 9 rings (SSSR count). The van der Waals surface area contributed by atoms with E-state index in [-0.39, 0.29) is 58.4 Å². The van der Waals surface area contributed by atoms with E-state index in [1.54, 1.807) is 0 Å². The number of amides is 4. The Morgan fingerprint density at radius 1 is 0.333 bits per heavy atom. The van der Waals surface area contributed by atoms with Gasteiger partial charge in [0.1, 0.15) is 0 Å². The molecular formula is C54H54N2O4. The molecule has 6 nitrogen and oxygen atoms in total. The maximum Gasteiger partial charge on any atom is 0.261 e. The van der Waals surface area contributed by atoms with E-state index in [4.69, 9.17) is 0 Å². The van der Waals surface area contributed by atoms with Crippen LogP contribution in [-0.2, 0) is 34.7 Å². The Hall–Kier alpha value is -5.88. The van der Waals surface area contributed by atoms with Crippen LogP contribution >= 0.6 is 0 Å². The van der Waals surface area contributed by atoms with Gasteiger partial charge in [0.2, 0.25) is 0 Å². The van der Waals surface area contributed by atoms with Crippen molar-refractivity contribution in [2.24, 2.45) is 0 Å². The van der Waals surface area contributed by atoms with Gasteiger partial charge in [0.25, 0.3) is 23.6 Å². The van der Waals surface area contributed by atoms with Crippen molar-refractivity contribution in [1.82, 2.24) is 9.80 Å². The average molecular weight is 795 g/mol. The lowest BCUT2D eigenvalue weighted by atomic mass is 9.79. The van der Waals surface area contributed by atoms with Crippen LogP contribution < -0.4 is 0 Å². The Morgan fingerprint density at radius 3 is 0.783 bits per heavy atom. The first kappa shape index (κ1) is 39.6. The van der Waals surface area contributed by atoms with Crippen molar-refractivity contribution in [1.29, 1.82) is 0 Å². The van der Waals surface area contributed by atoms with Gasteiger partial charge in [-0.05, 0) is 112 Å². The van der Waals surface area contributed by atoms with Crippen molar-refractivity contribution in [3.05, 3.63) is 141 Å². The van der Waals surface area contributed by atoms with Gasteiger partial charge in [0, 0.05) is 33.0 Å². The van der Waals surface area contributed by atoms with Crippen molar-refractivity contribution in [2.75, 3.05) is 0 Å². The van der Waals surface area contributed by atoms with E-state index in [0.29, 0.717) is 33.0 Å². The Bertz CT molecular complexity index is 2660. The first-order chi connectivity index (χ1) is 27.9. The molecule has 4 amide bonds. The summed E-state index contributed by atoms with van der Waals surface area (Å²) in [5.74, 6) is -1.26. The van der Waals surface area contributed by atoms with Gasteiger partial charge in [-0.3, -0.25) is 29.0 Å². The monoisotopic (exact) mass is 794 g/mol. The van der Waals surface area contributed by atoms with Gasteiger partial charge < -0.3 is 0 Å². The number of nitrogens with zero attached hydrogens (tertiary/aromatic N) is 2. The van der Waals surface area contributed by atoms with Crippen LogP contribution in [0.1, 0.15) is 158 Å². The molecule has 2 heterocycles. The molecule has 7 aromatic rings. The van der Waals surface area contributed by atoms with Gasteiger partial charge in [-0.2, -0.15) is 0 Å². The molecule has 0 fully saturated rings. The van der Waals surface area contributed by atoms with E-state index < -0.39 is 0 Å². The number of imide groups is 2. The van der Waals surface area contributed by atoms with Gasteiger partial charge in [-0.15, -0.1) is 0 Å². The van der Waals surface area contributed by atoms with Crippen molar-refractivity contribution < 1.29 is 19.2 Å². The van der Waals surface area contributed by atoms with Crippen LogP contribution in [0.25, 0.3) is 43.1 Å². The molecule has 0 unspecified atom stereocenters. The second-order valence-electron chi connectivity index (χ2n) is 21.4. The maximum absolute atomic E-state index is 14.5. The molecule has 0 aromatic heterocycles. The Morgan fingerprint density at radius 2 is 0.567 bits per heavy atom. The van der Waals surface area contributed by atoms with E-state index in [1.165, 1.54) is 9.80 Å². The molecule has 304 valence electrons. The van der Waals surface area contributed by atoms with Crippen molar-refractivity contribution >= 4 is 66.7 Å². The highest BCUT2D eigenvalue weighted by Crippen LogP contribution is 2.47. The third-order valence-corrected chi connectivity index (χ3v) is 12.9. The fourth-order valence-corrected chi connectivity index (χ4v) is 9.32. The molecule has 0 bridgehead atoms. The lowest BCUT2D eigenvalue weighted by Gasteiger charge is -2.31. The normalized spacial score (nSPS) is 15.2. The van der Waals surface area contributed by atoms with Crippen molar-refractivity contribution in [3.8, 4) is 0 Å². The third kappa shape index (κ3) is 6.04. The molecule has 2 aliphatic heterocycles. The summed E-state index contributed by atoms with van der Waals surface area (Å²) in [5.41, 5.74) is 8.03. The summed E-state index contributed by atoms with van der Waals surface area (Å²) >= 11 is 0. The SMILES string of the molecule is CC(C)(C)c1cc(CN2C(=O)c3ccc4c5ccc6c7c(ccc(c8ccc(c3c48)C2=O)c75)C(=O)N(Cc2cc(C(C)(C)C)cc(C(C)(C)C)c2)C6=O)cc(C(C)(C)C)c1. The molecule has 6 heteroatoms. The maximum atomic E-state index is 14.5. The minimum atomic E-state index is -0.315. The number of hydrogen-bond donors (Lipinski definition) is 0. The molecule has 0 atom stereocenters. The molecular weight excluding hydrogens is 741 g/mol. The van der Waals surface area contributed by atoms with Crippen LogP contribution in [0, 0.1) is 0 Å². The third-order valence-electron chi connectivity index (χ3n) is 12.9. The van der Waals surface area contributed by atoms with E-state index in [2.05, 4.69) is 119 Å². The Labute approximate surface area is 352 Å². The molecule has 2 aliphatic rings. The summed E-state index contributed by atoms with van der Waals surface area (Å²) in [5, 5.41) is 6.49. The average Bonchev–Trinajstić information content (AvgIpc) is 3.17. The Balaban J connectivity index is 1.14. The Kier molecular flexibility index (Phi) is 8.45. The molecule has 0 saturated carbocycles. The van der Waals surface area contributed by atoms with E-state index in [0.717, 1.165) is 65.7 Å². The zero-order valence-electron chi connectivity index (χ0n) is 37.0. The van der Waals surface area contributed by atoms with E-state index >= 15 is 0 Å². The van der Waals surface area contributed by atoms with Crippen molar-refractivity contribution in [3.63, 3.8) is 0 Å². The van der Waals surface area contributed by atoms with Crippen LogP contribution in [0.4, 0.5) is 0 Å². The van der Waals surface area contributed by atoms with Gasteiger partial charge >= 0.3 is 0 Å². The number of carbonyl (C=O) groups is 4. The molecule has 0 aliphatic carbocycles. The smallest absolute Gasteiger partial charge is 0.261 e. The van der Waals surface area contributed by atoms with Crippen LogP contribution in [-0.4, -0.2) is 33.4 Å². The highest BCUT2D eigenvalue weighted by molar-refractivity contribution is 6.41. The molecule has 7 aromatic carbocycles. The fourth-order valence-electron chi connectivity index (χ4n) is 9.32. The molecule has 60 heavy (non-hydrogen) atoms. The molecule has 0 radical (unpaired) electrons. The topological polar surface area (TPSA) is 74.8 Å². The minimum absolute atomic E-state index is 0.112. The van der Waals surface area contributed by atoms with Crippen LogP contribution in [0.15, 0.2) is 84.9 Å². The van der Waals surface area contributed by atoms with Crippen LogP contribution in [0.3, 0.4) is 0 Å². The largest absolute Gasteiger partial charge is 0.270 e. The fraction of sp³-hybridized carbons (Fsp3) is 0.333. The molecule has 0 N–H and O–H groups in total. The van der Waals surface area contributed by atoms with Crippen LogP contribution in [0.2, 0.25) is 0 Å². The standard InChI is InChI=1S/C54H54N2O4/c1-51(2,3)31-21-29(22-32(25-31)52(4,5)6)27-55-47(57)39-17-13-35-37-15-19-41-46-42(20-16-38(44(37)46)36-14-18-40(48(55)58)45(39)43(35)36)50(60)56(49(41)59)28-30-23-33(53(7,8)9)26-34(24-30)54(10,11)12/h13-26H,27-28H2,1-12H3. The summed E-state index contributed by atoms with van der Waals surface area (Å²) in [7, 11) is 0. The highest BCUT2D eigenvalue weighted by atomic mass is 16.2. The first-order valence-electron chi connectivity index (χ1n) is 21.2. The predicted octanol–water partition coefficient (Wildman–Crippen LogP) is 12.5. The van der Waals surface area contributed by atoms with Gasteiger partial charge in [0.15, 0.2) is 0 Å². The van der Waals surface area contributed by atoms with Crippen molar-refractivity contribution in [2.45, 2.75) is 118 Å². The number of benzene rings is 7. The second kappa shape index (κ2) is 12.8. The number of carbonyl (C=O) groups excluding carboxylic acids is 4. The zero-order chi connectivity index (χ0) is 43.2. The van der Waals surface area contributed by atoms with Gasteiger partial charge in [-0.1, -0.05) is 144 Å². The van der Waals surface area contributed by atoms with E-state index in [1.807, 2.05) is 48.5 Å². The summed E-state index contributed by atoms with van der Waals surface area (Å²) < 4.78 is 0. The summed E-state index contributed by atoms with van der Waals surface area (Å²) in [6.45, 7) is 26.5. The molecule has 0 spiro atoms. The molecule has 0 saturated heterocycles. The van der Waals surface area contributed by atoms with E-state index in [9.17, 15) is 19.2 Å². The lowest BCUT2D eigenvalue weighted by Crippen LogP contribution is -2.40. The number of rotatable bonds is 4.